The number of aromatic amines is 1. The average Bonchev–Trinajstić information content (AvgIpc) is 3.16. The van der Waals surface area contributed by atoms with Gasteiger partial charge in [0.15, 0.2) is 5.69 Å². The predicted octanol–water partition coefficient (Wildman–Crippen LogP) is 2.86. The molecular weight excluding hydrogens is 430 g/mol. The van der Waals surface area contributed by atoms with Crippen molar-refractivity contribution < 1.29 is 23.4 Å². The largest absolute Gasteiger partial charge is 0.501 e. The molecule has 0 radical (unpaired) electrons. The van der Waals surface area contributed by atoms with Crippen LogP contribution in [0.4, 0.5) is 5.69 Å². The van der Waals surface area contributed by atoms with E-state index in [1.165, 1.54) is 22.9 Å². The number of aromatic nitrogens is 2. The molecule has 2 heterocycles. The highest BCUT2D eigenvalue weighted by atomic mass is 32.2. The molecular formula is C19H13N3O6S2. The van der Waals surface area contributed by atoms with Crippen molar-refractivity contribution in [3.63, 3.8) is 0 Å². The molecule has 0 atom stereocenters. The Morgan fingerprint density at radius 1 is 1.10 bits per heavy atom. The first-order valence-corrected chi connectivity index (χ1v) is 10.8. The molecule has 0 bridgehead atoms. The summed E-state index contributed by atoms with van der Waals surface area (Å²) in [5.41, 5.74) is -1.60. The molecule has 0 aliphatic heterocycles. The summed E-state index contributed by atoms with van der Waals surface area (Å²) in [6, 6.07) is 12.0. The van der Waals surface area contributed by atoms with Gasteiger partial charge in [-0.2, -0.15) is 0 Å². The van der Waals surface area contributed by atoms with Crippen LogP contribution in [0.15, 0.2) is 62.9 Å². The third kappa shape index (κ3) is 3.51. The van der Waals surface area contributed by atoms with Crippen LogP contribution in [-0.2, 0) is 10.0 Å². The Bertz CT molecular complexity index is 1460. The van der Waals surface area contributed by atoms with Gasteiger partial charge in [0.2, 0.25) is 5.75 Å². The molecule has 2 aromatic heterocycles. The van der Waals surface area contributed by atoms with E-state index in [0.717, 1.165) is 22.1 Å². The van der Waals surface area contributed by atoms with Gasteiger partial charge in [0.25, 0.3) is 15.6 Å². The van der Waals surface area contributed by atoms with Crippen molar-refractivity contribution in [1.82, 2.24) is 9.97 Å². The molecule has 0 aliphatic carbocycles. The number of carbonyl (C=O) groups is 1. The van der Waals surface area contributed by atoms with Crippen molar-refractivity contribution in [3.05, 3.63) is 69.3 Å². The molecule has 0 amide bonds. The van der Waals surface area contributed by atoms with E-state index in [-0.39, 0.29) is 22.0 Å². The molecule has 4 N–H and O–H groups in total. The maximum Gasteiger partial charge on any atom is 0.358 e. The van der Waals surface area contributed by atoms with E-state index >= 15 is 0 Å². The zero-order valence-electron chi connectivity index (χ0n) is 15.0. The second-order valence-electron chi connectivity index (χ2n) is 6.23. The summed E-state index contributed by atoms with van der Waals surface area (Å²) in [6.45, 7) is 0. The molecule has 0 spiro atoms. The molecule has 0 saturated heterocycles. The molecule has 9 nitrogen and oxygen atoms in total. The van der Waals surface area contributed by atoms with E-state index in [9.17, 15) is 23.1 Å². The molecule has 0 unspecified atom stereocenters. The summed E-state index contributed by atoms with van der Waals surface area (Å²) in [7, 11) is -3.98. The van der Waals surface area contributed by atoms with E-state index in [0.29, 0.717) is 0 Å². The molecule has 11 heteroatoms. The number of aromatic hydroxyl groups is 1. The van der Waals surface area contributed by atoms with Crippen LogP contribution in [0.5, 0.6) is 5.75 Å². The van der Waals surface area contributed by atoms with Crippen molar-refractivity contribution in [1.29, 1.82) is 0 Å². The van der Waals surface area contributed by atoms with E-state index in [1.54, 1.807) is 18.2 Å². The quantitative estimate of drug-likeness (QED) is 0.370. The highest BCUT2D eigenvalue weighted by Gasteiger charge is 2.22. The van der Waals surface area contributed by atoms with Crippen molar-refractivity contribution in [2.75, 3.05) is 4.72 Å². The first-order chi connectivity index (χ1) is 14.3. The minimum atomic E-state index is -3.98. The van der Waals surface area contributed by atoms with Gasteiger partial charge < -0.3 is 15.2 Å². The standard InChI is InChI=1S/C19H13N3O6S2/c23-16-15(19(25)26)20-17(21-18(16)24)13-8-29-9-14(13)22-30(27,28)12-6-5-10-3-1-2-4-11(10)7-12/h1-9,22-23H,(H,25,26)(H,20,21,24). The number of nitrogens with one attached hydrogen (secondary N) is 2. The van der Waals surface area contributed by atoms with Gasteiger partial charge >= 0.3 is 5.97 Å². The number of carboxylic acids is 1. The van der Waals surface area contributed by atoms with Crippen LogP contribution in [0.2, 0.25) is 0 Å². The van der Waals surface area contributed by atoms with Crippen LogP contribution in [-0.4, -0.2) is 34.6 Å². The Labute approximate surface area is 173 Å². The number of rotatable bonds is 5. The van der Waals surface area contributed by atoms with Gasteiger partial charge in [-0.25, -0.2) is 18.2 Å². The number of hydrogen-bond acceptors (Lipinski definition) is 7. The third-order valence-electron chi connectivity index (χ3n) is 4.29. The van der Waals surface area contributed by atoms with Gasteiger partial charge in [0, 0.05) is 10.8 Å². The number of benzene rings is 2. The molecule has 4 rings (SSSR count). The van der Waals surface area contributed by atoms with Crippen LogP contribution in [0, 0.1) is 0 Å². The third-order valence-corrected chi connectivity index (χ3v) is 6.40. The van der Waals surface area contributed by atoms with Crippen molar-refractivity contribution in [2.45, 2.75) is 4.90 Å². The number of carboxylic acid groups (broad SMARTS) is 1. The van der Waals surface area contributed by atoms with Crippen LogP contribution in [0.25, 0.3) is 22.2 Å². The average molecular weight is 443 g/mol. The zero-order valence-corrected chi connectivity index (χ0v) is 16.6. The van der Waals surface area contributed by atoms with E-state index in [2.05, 4.69) is 14.7 Å². The second kappa shape index (κ2) is 7.28. The van der Waals surface area contributed by atoms with Crippen LogP contribution in [0.1, 0.15) is 10.5 Å². The molecule has 30 heavy (non-hydrogen) atoms. The van der Waals surface area contributed by atoms with E-state index in [1.807, 2.05) is 12.1 Å². The summed E-state index contributed by atoms with van der Waals surface area (Å²) in [5.74, 6) is -2.80. The Morgan fingerprint density at radius 2 is 1.83 bits per heavy atom. The van der Waals surface area contributed by atoms with Crippen LogP contribution >= 0.6 is 11.3 Å². The number of hydrogen-bond donors (Lipinski definition) is 4. The van der Waals surface area contributed by atoms with Crippen molar-refractivity contribution in [2.24, 2.45) is 0 Å². The fourth-order valence-corrected chi connectivity index (χ4v) is 4.79. The molecule has 0 fully saturated rings. The van der Waals surface area contributed by atoms with Crippen molar-refractivity contribution in [3.8, 4) is 17.1 Å². The van der Waals surface area contributed by atoms with Gasteiger partial charge in [0.1, 0.15) is 5.82 Å². The highest BCUT2D eigenvalue weighted by molar-refractivity contribution is 7.92. The Balaban J connectivity index is 1.75. The monoisotopic (exact) mass is 443 g/mol. The summed E-state index contributed by atoms with van der Waals surface area (Å²) in [4.78, 5) is 29.1. The lowest BCUT2D eigenvalue weighted by Gasteiger charge is -2.10. The number of H-pyrrole nitrogens is 1. The number of thiophene rings is 1. The molecule has 0 aliphatic rings. The van der Waals surface area contributed by atoms with Gasteiger partial charge in [-0.3, -0.25) is 9.52 Å². The second-order valence-corrected chi connectivity index (χ2v) is 8.66. The fourth-order valence-electron chi connectivity index (χ4n) is 2.84. The Kier molecular flexibility index (Phi) is 4.76. The van der Waals surface area contributed by atoms with Crippen LogP contribution in [0.3, 0.4) is 0 Å². The van der Waals surface area contributed by atoms with E-state index in [4.69, 9.17) is 5.11 Å². The minimum Gasteiger partial charge on any atom is -0.501 e. The number of fused-ring (bicyclic) bond motifs is 1. The molecule has 2 aromatic carbocycles. The SMILES string of the molecule is O=C(O)c1nc(-c2cscc2NS(=O)(=O)c2ccc3ccccc3c2)[nH]c(=O)c1O. The number of sulfonamides is 1. The van der Waals surface area contributed by atoms with Crippen molar-refractivity contribution >= 4 is 43.8 Å². The van der Waals surface area contributed by atoms with Crippen LogP contribution < -0.4 is 10.3 Å². The summed E-state index contributed by atoms with van der Waals surface area (Å²) < 4.78 is 28.2. The molecule has 4 aromatic rings. The van der Waals surface area contributed by atoms with Gasteiger partial charge in [-0.15, -0.1) is 11.3 Å². The van der Waals surface area contributed by atoms with E-state index < -0.39 is 33.0 Å². The smallest absolute Gasteiger partial charge is 0.358 e. The Hall–Kier alpha value is -3.70. The lowest BCUT2D eigenvalue weighted by Crippen LogP contribution is -2.16. The minimum absolute atomic E-state index is 0.0386. The first kappa shape index (κ1) is 19.6. The molecule has 0 saturated carbocycles. The summed E-state index contributed by atoms with van der Waals surface area (Å²) in [5, 5.41) is 23.3. The lowest BCUT2D eigenvalue weighted by atomic mass is 10.1. The number of anilines is 1. The molecule has 152 valence electrons. The summed E-state index contributed by atoms with van der Waals surface area (Å²) in [6.07, 6.45) is 0. The first-order valence-electron chi connectivity index (χ1n) is 8.41. The fraction of sp³-hybridized carbons (Fsp3) is 0. The van der Waals surface area contributed by atoms with Gasteiger partial charge in [0.05, 0.1) is 16.1 Å². The maximum absolute atomic E-state index is 12.9. The normalized spacial score (nSPS) is 11.5. The maximum atomic E-state index is 12.9. The lowest BCUT2D eigenvalue weighted by molar-refractivity contribution is 0.0686. The Morgan fingerprint density at radius 3 is 2.57 bits per heavy atom. The number of nitrogens with zero attached hydrogens (tertiary/aromatic N) is 1. The highest BCUT2D eigenvalue weighted by Crippen LogP contribution is 2.32. The zero-order chi connectivity index (χ0) is 21.5. The topological polar surface area (TPSA) is 149 Å². The predicted molar refractivity (Wildman–Crippen MR) is 112 cm³/mol. The van der Waals surface area contributed by atoms with Gasteiger partial charge in [-0.1, -0.05) is 30.3 Å². The van der Waals surface area contributed by atoms with Gasteiger partial charge in [-0.05, 0) is 22.9 Å². The number of aromatic carboxylic acids is 1. The summed E-state index contributed by atoms with van der Waals surface area (Å²) >= 11 is 1.12.